The monoisotopic (exact) mass is 450 g/mol. The molecule has 2 amide bonds. The first-order chi connectivity index (χ1) is 15.9. The highest BCUT2D eigenvalue weighted by Crippen LogP contribution is 2.19. The van der Waals surface area contributed by atoms with Crippen LogP contribution in [0.4, 0.5) is 11.5 Å². The van der Waals surface area contributed by atoms with Crippen molar-refractivity contribution in [1.82, 2.24) is 30.7 Å². The van der Waals surface area contributed by atoms with Gasteiger partial charge in [-0.1, -0.05) is 17.3 Å². The number of nitrogen functional groups attached to an aromatic ring is 1. The number of para-hydroxylation sites is 1. The summed E-state index contributed by atoms with van der Waals surface area (Å²) in [4.78, 5) is 24.5. The molecule has 3 heterocycles. The second kappa shape index (κ2) is 9.01. The fraction of sp³-hybridized carbons (Fsp3) is 0.105. The molecule has 0 unspecified atom stereocenters. The van der Waals surface area contributed by atoms with Crippen molar-refractivity contribution in [3.63, 3.8) is 0 Å². The summed E-state index contributed by atoms with van der Waals surface area (Å²) in [6.07, 6.45) is 1.34. The van der Waals surface area contributed by atoms with Crippen LogP contribution in [0.15, 0.2) is 50.5 Å². The van der Waals surface area contributed by atoms with Gasteiger partial charge in [0.1, 0.15) is 11.5 Å². The Labute approximate surface area is 185 Å². The molecule has 14 heteroatoms. The Morgan fingerprint density at radius 2 is 2.03 bits per heavy atom. The molecule has 4 rings (SSSR count). The molecule has 0 spiro atoms. The van der Waals surface area contributed by atoms with E-state index in [2.05, 4.69) is 41.1 Å². The van der Waals surface area contributed by atoms with Crippen molar-refractivity contribution in [3.8, 4) is 5.82 Å². The van der Waals surface area contributed by atoms with Crippen LogP contribution >= 0.6 is 0 Å². The van der Waals surface area contributed by atoms with Gasteiger partial charge in [0.25, 0.3) is 11.8 Å². The number of nitrogens with zero attached hydrogens (tertiary/aromatic N) is 6. The fourth-order valence-corrected chi connectivity index (χ4v) is 2.91. The molecule has 0 aliphatic heterocycles. The molecular formula is C19H18N10O4. The zero-order chi connectivity index (χ0) is 23.4. The Kier molecular flexibility index (Phi) is 5.79. The number of primary amides is 1. The molecular weight excluding hydrogens is 432 g/mol. The zero-order valence-electron chi connectivity index (χ0n) is 17.2. The number of furan rings is 1. The molecule has 168 valence electrons. The van der Waals surface area contributed by atoms with E-state index in [1.807, 2.05) is 0 Å². The number of anilines is 2. The van der Waals surface area contributed by atoms with Crippen LogP contribution in [0.2, 0.25) is 0 Å². The number of nitrogens with two attached hydrogens (primary N) is 2. The van der Waals surface area contributed by atoms with Gasteiger partial charge in [-0.25, -0.2) is 10.1 Å². The van der Waals surface area contributed by atoms with E-state index in [4.69, 9.17) is 15.9 Å². The summed E-state index contributed by atoms with van der Waals surface area (Å²) in [5.74, 6) is -0.129. The van der Waals surface area contributed by atoms with E-state index in [9.17, 15) is 9.59 Å². The van der Waals surface area contributed by atoms with E-state index in [-0.39, 0.29) is 35.1 Å². The Morgan fingerprint density at radius 1 is 1.21 bits per heavy atom. The van der Waals surface area contributed by atoms with Crippen LogP contribution in [0.25, 0.3) is 5.82 Å². The number of benzene rings is 1. The van der Waals surface area contributed by atoms with E-state index >= 15 is 0 Å². The highest BCUT2D eigenvalue weighted by atomic mass is 16.6. The van der Waals surface area contributed by atoms with Crippen molar-refractivity contribution in [1.29, 1.82) is 0 Å². The molecule has 4 aromatic rings. The number of nitrogens with one attached hydrogen (secondary N) is 2. The first-order valence-corrected chi connectivity index (χ1v) is 9.49. The minimum absolute atomic E-state index is 0.00651. The van der Waals surface area contributed by atoms with Crippen molar-refractivity contribution in [2.24, 2.45) is 10.8 Å². The lowest BCUT2D eigenvalue weighted by molar-refractivity contribution is 0.0947. The van der Waals surface area contributed by atoms with Gasteiger partial charge < -0.3 is 21.2 Å². The van der Waals surface area contributed by atoms with Crippen LogP contribution in [-0.2, 0) is 6.54 Å². The number of carbonyl (C=O) groups excluding carboxylic acids is 2. The Balaban J connectivity index is 1.61. The number of carbonyl (C=O) groups is 2. The number of amides is 2. The molecule has 6 N–H and O–H groups in total. The van der Waals surface area contributed by atoms with Crippen LogP contribution in [0.5, 0.6) is 0 Å². The highest BCUT2D eigenvalue weighted by Gasteiger charge is 2.24. The van der Waals surface area contributed by atoms with Crippen molar-refractivity contribution < 1.29 is 18.6 Å². The van der Waals surface area contributed by atoms with Gasteiger partial charge in [-0.15, -0.1) is 5.10 Å². The van der Waals surface area contributed by atoms with Gasteiger partial charge in [0.2, 0.25) is 11.6 Å². The van der Waals surface area contributed by atoms with E-state index in [0.717, 1.165) is 0 Å². The standard InChI is InChI=1S/C19H18N10O4/c1-10-6-7-11(32-10)8-23-25-19(31)15-14(29(28-24-15)18-16(20)26-33-27-18)9-22-13-5-3-2-4-12(13)17(21)30/h2-8,22H,9H2,1H3,(H2,20,26)(H2,21,30)(H,25,31)/b23-8+. The molecule has 0 saturated heterocycles. The highest BCUT2D eigenvalue weighted by molar-refractivity contribution is 5.98. The topological polar surface area (TPSA) is 205 Å². The number of hydrogen-bond acceptors (Lipinski definition) is 11. The number of rotatable bonds is 8. The average molecular weight is 450 g/mol. The van der Waals surface area contributed by atoms with Gasteiger partial charge in [0, 0.05) is 5.69 Å². The molecule has 33 heavy (non-hydrogen) atoms. The molecule has 14 nitrogen and oxygen atoms in total. The van der Waals surface area contributed by atoms with Crippen molar-refractivity contribution in [2.45, 2.75) is 13.5 Å². The maximum absolute atomic E-state index is 12.8. The summed E-state index contributed by atoms with van der Waals surface area (Å²) in [5, 5.41) is 22.0. The largest absolute Gasteiger partial charge is 0.460 e. The average Bonchev–Trinajstić information content (AvgIpc) is 3.52. The van der Waals surface area contributed by atoms with Gasteiger partial charge in [0.05, 0.1) is 24.0 Å². The Morgan fingerprint density at radius 3 is 2.73 bits per heavy atom. The van der Waals surface area contributed by atoms with Crippen LogP contribution in [0.3, 0.4) is 0 Å². The lowest BCUT2D eigenvalue weighted by Crippen LogP contribution is -2.22. The third-order valence-corrected chi connectivity index (χ3v) is 4.43. The van der Waals surface area contributed by atoms with Crippen LogP contribution < -0.4 is 22.2 Å². The van der Waals surface area contributed by atoms with Gasteiger partial charge in [-0.05, 0) is 41.5 Å². The van der Waals surface area contributed by atoms with E-state index in [1.54, 1.807) is 43.3 Å². The molecule has 0 aliphatic rings. The number of hydrogen-bond donors (Lipinski definition) is 4. The third-order valence-electron chi connectivity index (χ3n) is 4.43. The first-order valence-electron chi connectivity index (χ1n) is 9.49. The summed E-state index contributed by atoms with van der Waals surface area (Å²) in [6.45, 7) is 1.78. The summed E-state index contributed by atoms with van der Waals surface area (Å²) >= 11 is 0. The lowest BCUT2D eigenvalue weighted by atomic mass is 10.1. The molecule has 0 bridgehead atoms. The van der Waals surface area contributed by atoms with Gasteiger partial charge in [0.15, 0.2) is 5.69 Å². The minimum Gasteiger partial charge on any atom is -0.460 e. The fourth-order valence-electron chi connectivity index (χ4n) is 2.91. The maximum atomic E-state index is 12.8. The van der Waals surface area contributed by atoms with Crippen molar-refractivity contribution in [2.75, 3.05) is 11.1 Å². The van der Waals surface area contributed by atoms with Crippen LogP contribution in [-0.4, -0.2) is 43.3 Å². The Bertz CT molecular complexity index is 1340. The number of aromatic nitrogens is 5. The predicted octanol–water partition coefficient (Wildman–Crippen LogP) is 0.609. The molecule has 0 atom stereocenters. The van der Waals surface area contributed by atoms with Gasteiger partial charge in [-0.2, -0.15) is 9.78 Å². The molecule has 3 aromatic heterocycles. The van der Waals surface area contributed by atoms with E-state index < -0.39 is 11.8 Å². The molecule has 0 fully saturated rings. The molecule has 1 aromatic carbocycles. The van der Waals surface area contributed by atoms with Crippen molar-refractivity contribution >= 4 is 29.5 Å². The summed E-state index contributed by atoms with van der Waals surface area (Å²) in [5.41, 5.74) is 14.4. The van der Waals surface area contributed by atoms with Crippen LogP contribution in [0, 0.1) is 6.92 Å². The maximum Gasteiger partial charge on any atom is 0.293 e. The summed E-state index contributed by atoms with van der Waals surface area (Å²) in [6, 6.07) is 10.1. The zero-order valence-corrected chi connectivity index (χ0v) is 17.2. The Hall–Kier alpha value is -5.01. The number of aryl methyl sites for hydroxylation is 1. The normalized spacial score (nSPS) is 11.1. The van der Waals surface area contributed by atoms with Gasteiger partial charge >= 0.3 is 0 Å². The molecule has 0 saturated carbocycles. The summed E-state index contributed by atoms with van der Waals surface area (Å²) in [7, 11) is 0. The number of hydrazone groups is 1. The SMILES string of the molecule is Cc1ccc(/C=N/NC(=O)c2nnn(-c3nonc3N)c2CNc2ccccc2C(N)=O)o1. The quantitative estimate of drug-likeness (QED) is 0.217. The third kappa shape index (κ3) is 4.53. The molecule has 0 radical (unpaired) electrons. The first kappa shape index (κ1) is 21.2. The lowest BCUT2D eigenvalue weighted by Gasteiger charge is -2.11. The minimum atomic E-state index is -0.657. The molecule has 0 aliphatic carbocycles. The van der Waals surface area contributed by atoms with E-state index in [1.165, 1.54) is 10.9 Å². The van der Waals surface area contributed by atoms with Gasteiger partial charge in [-0.3, -0.25) is 9.59 Å². The smallest absolute Gasteiger partial charge is 0.293 e. The second-order valence-corrected chi connectivity index (χ2v) is 6.68. The predicted molar refractivity (Wildman–Crippen MR) is 114 cm³/mol. The van der Waals surface area contributed by atoms with Crippen LogP contribution in [0.1, 0.15) is 38.1 Å². The van der Waals surface area contributed by atoms with E-state index in [0.29, 0.717) is 17.2 Å². The summed E-state index contributed by atoms with van der Waals surface area (Å²) < 4.78 is 11.2. The second-order valence-electron chi connectivity index (χ2n) is 6.68. The van der Waals surface area contributed by atoms with Crippen molar-refractivity contribution in [3.05, 3.63) is 64.9 Å².